The van der Waals surface area contributed by atoms with Crippen LogP contribution in [-0.4, -0.2) is 52.3 Å². The lowest BCUT2D eigenvalue weighted by atomic mass is 10.1. The number of aromatic nitrogens is 3. The number of sulfonamides is 1. The average Bonchev–Trinajstić information content (AvgIpc) is 2.54. The number of anilines is 1. The van der Waals surface area contributed by atoms with Gasteiger partial charge in [-0.05, 0) is 18.9 Å². The number of hydrogen-bond acceptors (Lipinski definition) is 6. The molecule has 2 N–H and O–H groups in total. The molecule has 1 aliphatic rings. The van der Waals surface area contributed by atoms with Crippen molar-refractivity contribution in [3.63, 3.8) is 0 Å². The van der Waals surface area contributed by atoms with E-state index in [1.54, 1.807) is 6.07 Å². The maximum Gasteiger partial charge on any atom is 0.511 e. The molecule has 0 bridgehead atoms. The summed E-state index contributed by atoms with van der Waals surface area (Å²) in [5.74, 6) is 0.214. The summed E-state index contributed by atoms with van der Waals surface area (Å²) < 4.78 is 60.8. The number of pyridine rings is 1. The highest BCUT2D eigenvalue weighted by molar-refractivity contribution is 7.90. The maximum atomic E-state index is 12.5. The van der Waals surface area contributed by atoms with Gasteiger partial charge in [0.25, 0.3) is 0 Å². The molecule has 0 spiro atoms. The third-order valence-corrected chi connectivity index (χ3v) is 5.52. The molecule has 0 saturated carbocycles. The quantitative estimate of drug-likeness (QED) is 0.828. The highest BCUT2D eigenvalue weighted by Crippen LogP contribution is 2.29. The van der Waals surface area contributed by atoms with Crippen molar-refractivity contribution in [3.8, 4) is 0 Å². The lowest BCUT2D eigenvalue weighted by Gasteiger charge is -2.31. The highest BCUT2D eigenvalue weighted by Gasteiger charge is 2.50. The zero-order chi connectivity index (χ0) is 18.2. The molecule has 0 atom stereocenters. The van der Waals surface area contributed by atoms with Crippen LogP contribution in [0.1, 0.15) is 12.8 Å². The standard InChI is InChI=1S/C13H14F3N5O3S/c14-13(15,16)25(23,24)21-5-3-9(4-6-21)18-12-17-7-8-1-2-10(22)19-11(8)20-12/h1-2,7,9H,3-6H2,(H2,17,18,19,20,22). The number of H-pyrrole nitrogens is 1. The highest BCUT2D eigenvalue weighted by atomic mass is 32.2. The Morgan fingerprint density at radius 3 is 2.56 bits per heavy atom. The summed E-state index contributed by atoms with van der Waals surface area (Å²) in [7, 11) is -5.29. The summed E-state index contributed by atoms with van der Waals surface area (Å²) in [6.07, 6.45) is 1.87. The van der Waals surface area contributed by atoms with E-state index in [2.05, 4.69) is 20.3 Å². The van der Waals surface area contributed by atoms with Crippen molar-refractivity contribution in [1.82, 2.24) is 19.3 Å². The molecule has 1 saturated heterocycles. The Hall–Kier alpha value is -2.21. The predicted octanol–water partition coefficient (Wildman–Crippen LogP) is 1.04. The lowest BCUT2D eigenvalue weighted by Crippen LogP contribution is -2.47. The molecule has 0 radical (unpaired) electrons. The number of aromatic amines is 1. The topological polar surface area (TPSA) is 108 Å². The van der Waals surface area contributed by atoms with Gasteiger partial charge in [0.2, 0.25) is 11.5 Å². The van der Waals surface area contributed by atoms with Gasteiger partial charge in [-0.2, -0.15) is 22.5 Å². The molecule has 0 aliphatic carbocycles. The van der Waals surface area contributed by atoms with Crippen molar-refractivity contribution in [1.29, 1.82) is 0 Å². The van der Waals surface area contributed by atoms with Gasteiger partial charge in [-0.15, -0.1) is 0 Å². The van der Waals surface area contributed by atoms with Gasteiger partial charge in [-0.25, -0.2) is 13.4 Å². The Bertz CT molecular complexity index is 936. The van der Waals surface area contributed by atoms with Crippen molar-refractivity contribution in [2.75, 3.05) is 18.4 Å². The molecule has 3 rings (SSSR count). The van der Waals surface area contributed by atoms with E-state index in [0.717, 1.165) is 0 Å². The van der Waals surface area contributed by atoms with Crippen molar-refractivity contribution < 1.29 is 21.6 Å². The Kier molecular flexibility index (Phi) is 4.41. The number of rotatable bonds is 3. The minimum atomic E-state index is -5.29. The van der Waals surface area contributed by atoms with Crippen LogP contribution in [0.5, 0.6) is 0 Å². The van der Waals surface area contributed by atoms with Crippen LogP contribution in [0, 0.1) is 0 Å². The van der Waals surface area contributed by atoms with Gasteiger partial charge in [-0.3, -0.25) is 4.79 Å². The van der Waals surface area contributed by atoms with Crippen molar-refractivity contribution >= 4 is 27.0 Å². The van der Waals surface area contributed by atoms with E-state index >= 15 is 0 Å². The van der Waals surface area contributed by atoms with E-state index in [1.165, 1.54) is 12.3 Å². The van der Waals surface area contributed by atoms with E-state index in [4.69, 9.17) is 0 Å². The van der Waals surface area contributed by atoms with Crippen LogP contribution in [0.2, 0.25) is 0 Å². The SMILES string of the molecule is O=c1ccc2cnc(NC3CCN(S(=O)(=O)C(F)(F)F)CC3)nc2[nH]1. The summed E-state index contributed by atoms with van der Waals surface area (Å²) in [5.41, 5.74) is -5.27. The Morgan fingerprint density at radius 2 is 1.92 bits per heavy atom. The molecular formula is C13H14F3N5O3S. The van der Waals surface area contributed by atoms with E-state index in [1.807, 2.05) is 0 Å². The first-order valence-corrected chi connectivity index (χ1v) is 8.80. The molecule has 0 unspecified atom stereocenters. The van der Waals surface area contributed by atoms with Gasteiger partial charge >= 0.3 is 15.5 Å². The monoisotopic (exact) mass is 377 g/mol. The number of nitrogens with one attached hydrogen (secondary N) is 2. The second-order valence-corrected chi connectivity index (χ2v) is 7.52. The first kappa shape index (κ1) is 17.6. The van der Waals surface area contributed by atoms with Gasteiger partial charge in [-0.1, -0.05) is 0 Å². The fourth-order valence-corrected chi connectivity index (χ4v) is 3.56. The zero-order valence-electron chi connectivity index (χ0n) is 12.7. The fraction of sp³-hybridized carbons (Fsp3) is 0.462. The third kappa shape index (κ3) is 3.58. The van der Waals surface area contributed by atoms with Gasteiger partial charge in [0.1, 0.15) is 5.65 Å². The lowest BCUT2D eigenvalue weighted by molar-refractivity contribution is -0.0494. The first-order chi connectivity index (χ1) is 11.7. The predicted molar refractivity (Wildman–Crippen MR) is 83.4 cm³/mol. The van der Waals surface area contributed by atoms with Gasteiger partial charge in [0.05, 0.1) is 0 Å². The smallest absolute Gasteiger partial charge is 0.351 e. The number of piperidine rings is 1. The number of halogens is 3. The van der Waals surface area contributed by atoms with Gasteiger partial charge in [0.15, 0.2) is 0 Å². The average molecular weight is 377 g/mol. The molecule has 1 aliphatic heterocycles. The summed E-state index contributed by atoms with van der Waals surface area (Å²) in [4.78, 5) is 22.1. The number of hydrogen-bond donors (Lipinski definition) is 2. The van der Waals surface area contributed by atoms with Crippen LogP contribution in [0.4, 0.5) is 19.1 Å². The van der Waals surface area contributed by atoms with Crippen molar-refractivity contribution in [2.24, 2.45) is 0 Å². The Labute approximate surface area is 140 Å². The third-order valence-electron chi connectivity index (χ3n) is 3.89. The fourth-order valence-electron chi connectivity index (χ4n) is 2.58. The molecule has 8 nitrogen and oxygen atoms in total. The number of alkyl halides is 3. The summed E-state index contributed by atoms with van der Waals surface area (Å²) in [5, 5.41) is 3.59. The molecule has 2 aromatic rings. The minimum absolute atomic E-state index is 0.183. The van der Waals surface area contributed by atoms with E-state index in [9.17, 15) is 26.4 Å². The van der Waals surface area contributed by atoms with Crippen molar-refractivity contribution in [3.05, 3.63) is 28.7 Å². The van der Waals surface area contributed by atoms with Crippen LogP contribution in [0.15, 0.2) is 23.1 Å². The summed E-state index contributed by atoms with van der Waals surface area (Å²) in [6, 6.07) is 2.64. The summed E-state index contributed by atoms with van der Waals surface area (Å²) in [6.45, 7) is -0.492. The van der Waals surface area contributed by atoms with Crippen LogP contribution in [-0.2, 0) is 10.0 Å². The minimum Gasteiger partial charge on any atom is -0.351 e. The molecule has 0 amide bonds. The zero-order valence-corrected chi connectivity index (χ0v) is 13.6. The molecule has 2 aromatic heterocycles. The van der Waals surface area contributed by atoms with Crippen LogP contribution in [0.3, 0.4) is 0 Å². The molecule has 1 fully saturated rings. The van der Waals surface area contributed by atoms with E-state index in [0.29, 0.717) is 15.3 Å². The molecule has 12 heteroatoms. The number of fused-ring (bicyclic) bond motifs is 1. The molecule has 25 heavy (non-hydrogen) atoms. The Morgan fingerprint density at radius 1 is 1.24 bits per heavy atom. The van der Waals surface area contributed by atoms with Crippen LogP contribution < -0.4 is 10.9 Å². The first-order valence-electron chi connectivity index (χ1n) is 7.36. The normalized spacial score (nSPS) is 17.7. The maximum absolute atomic E-state index is 12.5. The molecule has 3 heterocycles. The molecule has 0 aromatic carbocycles. The van der Waals surface area contributed by atoms with Crippen LogP contribution in [0.25, 0.3) is 11.0 Å². The molecular weight excluding hydrogens is 363 g/mol. The van der Waals surface area contributed by atoms with Crippen LogP contribution >= 0.6 is 0 Å². The van der Waals surface area contributed by atoms with E-state index in [-0.39, 0.29) is 43.5 Å². The Balaban J connectivity index is 1.67. The largest absolute Gasteiger partial charge is 0.511 e. The van der Waals surface area contributed by atoms with Crippen molar-refractivity contribution in [2.45, 2.75) is 24.4 Å². The van der Waals surface area contributed by atoms with Gasteiger partial charge < -0.3 is 10.3 Å². The second kappa shape index (κ2) is 6.26. The second-order valence-electron chi connectivity index (χ2n) is 5.59. The van der Waals surface area contributed by atoms with Gasteiger partial charge in [0, 0.05) is 36.8 Å². The van der Waals surface area contributed by atoms with E-state index < -0.39 is 15.5 Å². The molecule has 136 valence electrons. The number of nitrogens with zero attached hydrogens (tertiary/aromatic N) is 3. The summed E-state index contributed by atoms with van der Waals surface area (Å²) >= 11 is 0.